The van der Waals surface area contributed by atoms with E-state index in [9.17, 15) is 0 Å². The van der Waals surface area contributed by atoms with Crippen LogP contribution in [0.15, 0.2) is 180 Å². The van der Waals surface area contributed by atoms with Crippen molar-refractivity contribution in [1.82, 2.24) is 4.57 Å². The van der Waals surface area contributed by atoms with Crippen molar-refractivity contribution in [1.29, 1.82) is 0 Å². The minimum Gasteiger partial charge on any atom is -0.439 e. The highest BCUT2D eigenvalue weighted by Gasteiger charge is 2.25. The van der Waals surface area contributed by atoms with Crippen LogP contribution in [0, 0.1) is 0 Å². The van der Waals surface area contributed by atoms with Gasteiger partial charge in [0.25, 0.3) is 0 Å². The number of nitrogens with zero attached hydrogens (tertiary/aromatic N) is 1. The summed E-state index contributed by atoms with van der Waals surface area (Å²) in [5.74, 6) is 0. The maximum absolute atomic E-state index is 6.72. The van der Waals surface area contributed by atoms with Gasteiger partial charge in [-0.25, -0.2) is 0 Å². The van der Waals surface area contributed by atoms with Gasteiger partial charge in [0, 0.05) is 16.5 Å². The first kappa shape index (κ1) is 27.9. The lowest BCUT2D eigenvalue weighted by molar-refractivity contribution is 0.645. The number of hydrogen-bond acceptors (Lipinski definition) is 1. The molecule has 0 aliphatic heterocycles. The Bertz CT molecular complexity index is 3200. The summed E-state index contributed by atoms with van der Waals surface area (Å²) in [6.45, 7) is 0. The van der Waals surface area contributed by atoms with Crippen LogP contribution in [0.5, 0.6) is 0 Å². The molecule has 0 saturated carbocycles. The number of aromatic nitrogens is 1. The third-order valence-electron chi connectivity index (χ3n) is 11.3. The topological polar surface area (TPSA) is 18.1 Å². The Labute approximate surface area is 299 Å². The van der Waals surface area contributed by atoms with Crippen molar-refractivity contribution in [2.45, 2.75) is 0 Å². The minimum absolute atomic E-state index is 0.874. The fraction of sp³-hybridized carbons (Fsp3) is 0. The van der Waals surface area contributed by atoms with Crippen LogP contribution >= 0.6 is 0 Å². The van der Waals surface area contributed by atoms with Crippen molar-refractivity contribution in [3.8, 4) is 50.2 Å². The molecule has 2 aromatic heterocycles. The van der Waals surface area contributed by atoms with Gasteiger partial charge >= 0.3 is 0 Å². The zero-order valence-corrected chi connectivity index (χ0v) is 28.1. The molecule has 0 saturated heterocycles. The van der Waals surface area contributed by atoms with E-state index in [-0.39, 0.29) is 0 Å². The summed E-state index contributed by atoms with van der Waals surface area (Å²) in [5.41, 5.74) is 14.3. The second-order valence-corrected chi connectivity index (χ2v) is 14.0. The highest BCUT2D eigenvalue weighted by molar-refractivity contribution is 6.27. The average molecular weight is 660 g/mol. The summed E-state index contributed by atoms with van der Waals surface area (Å²) in [6, 6.07) is 64.2. The van der Waals surface area contributed by atoms with E-state index in [2.05, 4.69) is 180 Å². The first-order valence-corrected chi connectivity index (χ1v) is 17.9. The largest absolute Gasteiger partial charge is 0.439 e. The fourth-order valence-electron chi connectivity index (χ4n) is 9.24. The molecule has 9 aromatic carbocycles. The third-order valence-corrected chi connectivity index (χ3v) is 11.3. The Morgan fingerprint density at radius 3 is 1.63 bits per heavy atom. The average Bonchev–Trinajstić information content (AvgIpc) is 3.85. The van der Waals surface area contributed by atoms with Crippen LogP contribution in [-0.4, -0.2) is 4.57 Å². The number of para-hydroxylation sites is 2. The molecule has 1 aliphatic rings. The molecule has 12 rings (SSSR count). The highest BCUT2D eigenvalue weighted by atomic mass is 16.3. The van der Waals surface area contributed by atoms with E-state index in [4.69, 9.17) is 4.42 Å². The Morgan fingerprint density at radius 1 is 0.346 bits per heavy atom. The zero-order valence-electron chi connectivity index (χ0n) is 28.1. The van der Waals surface area contributed by atoms with Gasteiger partial charge in [-0.05, 0) is 107 Å². The van der Waals surface area contributed by atoms with Crippen LogP contribution in [0.4, 0.5) is 0 Å². The molecular formula is C50H29NO. The summed E-state index contributed by atoms with van der Waals surface area (Å²) in [5, 5.41) is 11.1. The van der Waals surface area contributed by atoms with E-state index in [0.717, 1.165) is 33.3 Å². The van der Waals surface area contributed by atoms with Crippen molar-refractivity contribution in [3.05, 3.63) is 176 Å². The van der Waals surface area contributed by atoms with E-state index in [1.807, 2.05) is 0 Å². The van der Waals surface area contributed by atoms with Gasteiger partial charge in [0.1, 0.15) is 5.58 Å². The first-order chi connectivity index (χ1) is 25.8. The predicted molar refractivity (Wildman–Crippen MR) is 218 cm³/mol. The lowest BCUT2D eigenvalue weighted by Gasteiger charge is -2.19. The first-order valence-electron chi connectivity index (χ1n) is 17.9. The lowest BCUT2D eigenvalue weighted by Crippen LogP contribution is -1.92. The van der Waals surface area contributed by atoms with Crippen molar-refractivity contribution in [2.75, 3.05) is 0 Å². The smallest absolute Gasteiger partial charge is 0.213 e. The number of hydrogen-bond donors (Lipinski definition) is 0. The summed E-state index contributed by atoms with van der Waals surface area (Å²) < 4.78 is 8.97. The van der Waals surface area contributed by atoms with Gasteiger partial charge in [-0.3, -0.25) is 4.57 Å². The maximum atomic E-state index is 6.72. The standard InChI is InChI=1S/C50H29NO/c1-2-13-31(14-3-1)51-44-24-11-10-21-42(44)49-43-29-30(25-28-45(43)52-50(49)51)46-35-17-6-8-19-37(35)48(38-20-9-7-18-36(38)46)41-27-26-40-33-16-5-4-15-32(33)34-22-12-23-39(41)47(34)40/h1-29H. The second kappa shape index (κ2) is 10.3. The van der Waals surface area contributed by atoms with Gasteiger partial charge in [-0.1, -0.05) is 146 Å². The summed E-state index contributed by atoms with van der Waals surface area (Å²) >= 11 is 0. The molecule has 0 N–H and O–H groups in total. The lowest BCUT2D eigenvalue weighted by atomic mass is 9.84. The summed E-state index contributed by atoms with van der Waals surface area (Å²) in [4.78, 5) is 0. The number of furan rings is 1. The molecule has 0 bridgehead atoms. The molecule has 1 aliphatic carbocycles. The summed E-state index contributed by atoms with van der Waals surface area (Å²) in [7, 11) is 0. The van der Waals surface area contributed by atoms with E-state index in [1.54, 1.807) is 0 Å². The van der Waals surface area contributed by atoms with Gasteiger partial charge in [0.2, 0.25) is 5.71 Å². The Morgan fingerprint density at radius 2 is 0.904 bits per heavy atom. The number of fused-ring (bicyclic) bond motifs is 10. The Balaban J connectivity index is 1.15. The van der Waals surface area contributed by atoms with E-state index < -0.39 is 0 Å². The van der Waals surface area contributed by atoms with Crippen LogP contribution in [-0.2, 0) is 0 Å². The predicted octanol–water partition coefficient (Wildman–Crippen LogP) is 14.0. The molecule has 0 unspecified atom stereocenters. The van der Waals surface area contributed by atoms with Crippen molar-refractivity contribution in [2.24, 2.45) is 0 Å². The number of rotatable bonds is 3. The van der Waals surface area contributed by atoms with Gasteiger partial charge in [-0.2, -0.15) is 0 Å². The molecular weight excluding hydrogens is 631 g/mol. The molecule has 0 amide bonds. The van der Waals surface area contributed by atoms with E-state index in [0.29, 0.717) is 0 Å². The Hall–Kier alpha value is -6.90. The SMILES string of the molecule is c1ccc(-n2c3ccccc3c3c4cc(-c5c6ccccc6c(-c6ccc7c8c(cccc68)-c6ccccc6-7)c6ccccc56)ccc4oc32)cc1. The molecule has 11 aromatic rings. The van der Waals surface area contributed by atoms with Crippen molar-refractivity contribution < 1.29 is 4.42 Å². The zero-order chi connectivity index (χ0) is 33.9. The molecule has 0 radical (unpaired) electrons. The van der Waals surface area contributed by atoms with E-state index >= 15 is 0 Å². The number of benzene rings is 9. The van der Waals surface area contributed by atoms with Gasteiger partial charge < -0.3 is 4.42 Å². The molecule has 2 heteroatoms. The van der Waals surface area contributed by atoms with Crippen LogP contribution in [0.1, 0.15) is 0 Å². The van der Waals surface area contributed by atoms with Gasteiger partial charge in [-0.15, -0.1) is 0 Å². The Kier molecular flexibility index (Phi) is 5.53. The molecule has 240 valence electrons. The molecule has 0 spiro atoms. The molecule has 52 heavy (non-hydrogen) atoms. The molecule has 0 atom stereocenters. The fourth-order valence-corrected chi connectivity index (χ4v) is 9.24. The van der Waals surface area contributed by atoms with E-state index in [1.165, 1.54) is 82.2 Å². The molecule has 0 fully saturated rings. The van der Waals surface area contributed by atoms with Crippen LogP contribution in [0.3, 0.4) is 0 Å². The van der Waals surface area contributed by atoms with Crippen LogP contribution < -0.4 is 0 Å². The second-order valence-electron chi connectivity index (χ2n) is 14.0. The van der Waals surface area contributed by atoms with Gasteiger partial charge in [0.05, 0.1) is 10.9 Å². The normalized spacial score (nSPS) is 12.2. The maximum Gasteiger partial charge on any atom is 0.213 e. The van der Waals surface area contributed by atoms with Crippen molar-refractivity contribution >= 4 is 65.3 Å². The minimum atomic E-state index is 0.874. The van der Waals surface area contributed by atoms with Crippen molar-refractivity contribution in [3.63, 3.8) is 0 Å². The molecule has 2 heterocycles. The summed E-state index contributed by atoms with van der Waals surface area (Å²) in [6.07, 6.45) is 0. The quantitative estimate of drug-likeness (QED) is 0.173. The highest BCUT2D eigenvalue weighted by Crippen LogP contribution is 2.52. The third kappa shape index (κ3) is 3.63. The monoisotopic (exact) mass is 659 g/mol. The van der Waals surface area contributed by atoms with Crippen LogP contribution in [0.25, 0.3) is 115 Å². The van der Waals surface area contributed by atoms with Crippen LogP contribution in [0.2, 0.25) is 0 Å². The van der Waals surface area contributed by atoms with Gasteiger partial charge in [0.15, 0.2) is 0 Å². The molecule has 2 nitrogen and oxygen atoms in total.